The fourth-order valence-electron chi connectivity index (χ4n) is 3.05. The zero-order chi connectivity index (χ0) is 12.9. The third-order valence-corrected chi connectivity index (χ3v) is 5.46. The molecule has 0 N–H and O–H groups in total. The van der Waals surface area contributed by atoms with Crippen molar-refractivity contribution in [2.24, 2.45) is 0 Å². The van der Waals surface area contributed by atoms with Gasteiger partial charge in [-0.2, -0.15) is 4.37 Å². The van der Waals surface area contributed by atoms with Gasteiger partial charge in [0.2, 0.25) is 5.13 Å². The van der Waals surface area contributed by atoms with Gasteiger partial charge in [-0.3, -0.25) is 0 Å². The van der Waals surface area contributed by atoms with Gasteiger partial charge in [0.25, 0.3) is 0 Å². The van der Waals surface area contributed by atoms with Crippen LogP contribution in [0.3, 0.4) is 0 Å². The molecule has 2 fully saturated rings. The number of nitrogens with zero attached hydrogens (tertiary/aromatic N) is 3. The Morgan fingerprint density at radius 3 is 2.33 bits per heavy atom. The fourth-order valence-corrected chi connectivity index (χ4v) is 4.91. The molecule has 2 saturated heterocycles. The fraction of sp³-hybridized carbons (Fsp3) is 0.846. The molecule has 1 aromatic heterocycles. The minimum Gasteiger partial charge on any atom is -0.341 e. The van der Waals surface area contributed by atoms with Crippen molar-refractivity contribution < 1.29 is 0 Å². The van der Waals surface area contributed by atoms with Crippen LogP contribution < -0.4 is 4.90 Å². The van der Waals surface area contributed by atoms with Gasteiger partial charge in [-0.05, 0) is 25.7 Å². The van der Waals surface area contributed by atoms with Gasteiger partial charge >= 0.3 is 0 Å². The van der Waals surface area contributed by atoms with Crippen LogP contribution in [0.1, 0.15) is 52.3 Å². The summed E-state index contributed by atoms with van der Waals surface area (Å²) in [5.41, 5.74) is 0.0571. The normalized spacial score (nSPS) is 32.0. The first-order valence-electron chi connectivity index (χ1n) is 6.72. The molecule has 0 spiro atoms. The second kappa shape index (κ2) is 4.44. The lowest BCUT2D eigenvalue weighted by Gasteiger charge is -2.36. The van der Waals surface area contributed by atoms with E-state index in [0.29, 0.717) is 16.9 Å². The van der Waals surface area contributed by atoms with Crippen molar-refractivity contribution in [2.45, 2.75) is 68.8 Å². The van der Waals surface area contributed by atoms with Crippen molar-refractivity contribution in [1.29, 1.82) is 0 Å². The lowest BCUT2D eigenvalue weighted by atomic mass is 9.96. The Hall–Kier alpha value is -0.160. The summed E-state index contributed by atoms with van der Waals surface area (Å²) in [4.78, 5) is 8.03. The number of alkyl halides is 1. The average Bonchev–Trinajstić information content (AvgIpc) is 2.81. The quantitative estimate of drug-likeness (QED) is 0.735. The van der Waals surface area contributed by atoms with Gasteiger partial charge in [0.15, 0.2) is 0 Å². The van der Waals surface area contributed by atoms with Crippen LogP contribution in [0.15, 0.2) is 0 Å². The summed E-state index contributed by atoms with van der Waals surface area (Å²) in [6.07, 6.45) is 5.14. The summed E-state index contributed by atoms with van der Waals surface area (Å²) < 4.78 is 4.56. The van der Waals surface area contributed by atoms with Crippen LogP contribution in [0.2, 0.25) is 0 Å². The third-order valence-electron chi connectivity index (χ3n) is 3.98. The van der Waals surface area contributed by atoms with Crippen molar-refractivity contribution in [1.82, 2.24) is 9.36 Å². The highest BCUT2D eigenvalue weighted by molar-refractivity contribution is 9.09. The Bertz CT molecular complexity index is 426. The van der Waals surface area contributed by atoms with E-state index in [2.05, 4.69) is 46.0 Å². The molecule has 0 aliphatic carbocycles. The van der Waals surface area contributed by atoms with E-state index in [1.54, 1.807) is 11.5 Å². The Kier molecular flexibility index (Phi) is 3.17. The number of hydrogen-bond donors (Lipinski definition) is 0. The molecule has 0 aromatic carbocycles. The maximum Gasteiger partial charge on any atom is 0.205 e. The largest absolute Gasteiger partial charge is 0.341 e. The van der Waals surface area contributed by atoms with E-state index in [9.17, 15) is 0 Å². The Balaban J connectivity index is 1.86. The number of rotatable bonds is 1. The van der Waals surface area contributed by atoms with Crippen LogP contribution in [0.4, 0.5) is 5.13 Å². The maximum atomic E-state index is 4.79. The van der Waals surface area contributed by atoms with Crippen molar-refractivity contribution in [3.63, 3.8) is 0 Å². The number of piperidine rings is 1. The molecule has 2 bridgehead atoms. The number of halogens is 1. The van der Waals surface area contributed by atoms with E-state index in [0.717, 1.165) is 11.0 Å². The minimum atomic E-state index is 0.0571. The molecular formula is C13H20BrN3S. The average molecular weight is 330 g/mol. The number of hydrogen-bond acceptors (Lipinski definition) is 4. The third kappa shape index (κ3) is 2.20. The van der Waals surface area contributed by atoms with E-state index in [4.69, 9.17) is 4.98 Å². The zero-order valence-electron chi connectivity index (χ0n) is 11.2. The molecule has 2 aliphatic rings. The second-order valence-corrected chi connectivity index (χ2v) is 8.54. The molecule has 3 rings (SSSR count). The first kappa shape index (κ1) is 12.9. The molecule has 0 radical (unpaired) electrons. The standard InChI is InChI=1S/C13H20BrN3S/c1-13(2,3)11-15-12(18-16-11)17-9-4-5-10(17)7-8(14)6-9/h8-10H,4-7H2,1-3H3. The predicted molar refractivity (Wildman–Crippen MR) is 79.8 cm³/mol. The molecule has 5 heteroatoms. The predicted octanol–water partition coefficient (Wildman–Crippen LogP) is 3.73. The van der Waals surface area contributed by atoms with Crippen LogP contribution in [0, 0.1) is 0 Å². The van der Waals surface area contributed by atoms with Crippen LogP contribution in [-0.4, -0.2) is 26.3 Å². The molecular weight excluding hydrogens is 310 g/mol. The molecule has 3 nitrogen and oxygen atoms in total. The van der Waals surface area contributed by atoms with E-state index in [-0.39, 0.29) is 5.41 Å². The van der Waals surface area contributed by atoms with Gasteiger partial charge in [0.1, 0.15) is 5.82 Å². The van der Waals surface area contributed by atoms with Crippen LogP contribution in [-0.2, 0) is 5.41 Å². The van der Waals surface area contributed by atoms with Gasteiger partial charge in [0, 0.05) is 33.9 Å². The number of fused-ring (bicyclic) bond motifs is 2. The molecule has 100 valence electrons. The van der Waals surface area contributed by atoms with Crippen molar-refractivity contribution >= 4 is 32.6 Å². The summed E-state index contributed by atoms with van der Waals surface area (Å²) >= 11 is 5.37. The van der Waals surface area contributed by atoms with Crippen LogP contribution in [0.5, 0.6) is 0 Å². The number of anilines is 1. The highest BCUT2D eigenvalue weighted by Crippen LogP contribution is 2.42. The molecule has 1 aromatic rings. The summed E-state index contributed by atoms with van der Waals surface area (Å²) in [6, 6.07) is 1.35. The summed E-state index contributed by atoms with van der Waals surface area (Å²) in [6.45, 7) is 6.54. The summed E-state index contributed by atoms with van der Waals surface area (Å²) in [7, 11) is 0. The van der Waals surface area contributed by atoms with E-state index >= 15 is 0 Å². The highest BCUT2D eigenvalue weighted by Gasteiger charge is 2.41. The summed E-state index contributed by atoms with van der Waals surface area (Å²) in [5.74, 6) is 0.989. The van der Waals surface area contributed by atoms with Gasteiger partial charge in [-0.1, -0.05) is 36.7 Å². The van der Waals surface area contributed by atoms with Gasteiger partial charge in [0.05, 0.1) is 0 Å². The van der Waals surface area contributed by atoms with Crippen LogP contribution >= 0.6 is 27.5 Å². The lowest BCUT2D eigenvalue weighted by molar-refractivity contribution is 0.480. The van der Waals surface area contributed by atoms with Crippen molar-refractivity contribution in [3.05, 3.63) is 5.82 Å². The smallest absolute Gasteiger partial charge is 0.205 e. The van der Waals surface area contributed by atoms with E-state index in [1.165, 1.54) is 25.7 Å². The molecule has 2 unspecified atom stereocenters. The lowest BCUT2D eigenvalue weighted by Crippen LogP contribution is -2.43. The zero-order valence-corrected chi connectivity index (χ0v) is 13.6. The number of aromatic nitrogens is 2. The Labute approximate surface area is 121 Å². The first-order valence-corrected chi connectivity index (χ1v) is 8.40. The Morgan fingerprint density at radius 2 is 1.83 bits per heavy atom. The molecule has 2 aliphatic heterocycles. The van der Waals surface area contributed by atoms with E-state index in [1.807, 2.05) is 0 Å². The summed E-state index contributed by atoms with van der Waals surface area (Å²) in [5, 5.41) is 1.15. The maximum absolute atomic E-state index is 4.79. The monoisotopic (exact) mass is 329 g/mol. The van der Waals surface area contributed by atoms with Crippen LogP contribution in [0.25, 0.3) is 0 Å². The van der Waals surface area contributed by atoms with Gasteiger partial charge in [-0.15, -0.1) is 0 Å². The molecule has 3 heterocycles. The molecule has 0 amide bonds. The molecule has 18 heavy (non-hydrogen) atoms. The highest BCUT2D eigenvalue weighted by atomic mass is 79.9. The molecule has 0 saturated carbocycles. The van der Waals surface area contributed by atoms with Crippen molar-refractivity contribution in [2.75, 3.05) is 4.90 Å². The topological polar surface area (TPSA) is 29.0 Å². The van der Waals surface area contributed by atoms with Gasteiger partial charge in [-0.25, -0.2) is 4.98 Å². The Morgan fingerprint density at radius 1 is 1.22 bits per heavy atom. The van der Waals surface area contributed by atoms with E-state index < -0.39 is 0 Å². The van der Waals surface area contributed by atoms with Crippen molar-refractivity contribution in [3.8, 4) is 0 Å². The SMILES string of the molecule is CC(C)(C)c1nsc(N2C3CCC2CC(Br)C3)n1. The second-order valence-electron chi connectivity index (χ2n) is 6.51. The van der Waals surface area contributed by atoms with Gasteiger partial charge < -0.3 is 4.90 Å². The minimum absolute atomic E-state index is 0.0571. The molecule has 2 atom stereocenters. The first-order chi connectivity index (χ1) is 8.45.